The van der Waals surface area contributed by atoms with Crippen LogP contribution in [0, 0.1) is 11.6 Å². The van der Waals surface area contributed by atoms with Crippen LogP contribution in [-0.4, -0.2) is 23.0 Å². The molecule has 0 aliphatic heterocycles. The van der Waals surface area contributed by atoms with E-state index in [1.165, 1.54) is 18.0 Å². The van der Waals surface area contributed by atoms with Gasteiger partial charge < -0.3 is 10.0 Å². The van der Waals surface area contributed by atoms with Crippen LogP contribution >= 0.6 is 0 Å². The van der Waals surface area contributed by atoms with Gasteiger partial charge in [-0.25, -0.2) is 8.78 Å². The lowest BCUT2D eigenvalue weighted by molar-refractivity contribution is 0.0736. The minimum absolute atomic E-state index is 0.0595. The Hall–Kier alpha value is -2.43. The van der Waals surface area contributed by atoms with Crippen molar-refractivity contribution in [2.24, 2.45) is 0 Å². The summed E-state index contributed by atoms with van der Waals surface area (Å²) in [5.41, 5.74) is 0.344. The number of halogens is 2. The smallest absolute Gasteiger partial charge is 0.257 e. The lowest BCUT2D eigenvalue weighted by Gasteiger charge is -2.26. The molecule has 0 fully saturated rings. The molecule has 0 heterocycles. The SMILES string of the molecule is CC(c1ccccc1O)N(C)C(=O)c1ccc(F)cc1F. The second-order valence-corrected chi connectivity index (χ2v) is 4.78. The van der Waals surface area contributed by atoms with Crippen LogP contribution in [0.25, 0.3) is 0 Å². The first-order chi connectivity index (χ1) is 9.91. The molecule has 3 nitrogen and oxygen atoms in total. The molecule has 0 saturated carbocycles. The van der Waals surface area contributed by atoms with Crippen molar-refractivity contribution in [3.05, 3.63) is 65.2 Å². The summed E-state index contributed by atoms with van der Waals surface area (Å²) in [6.45, 7) is 1.72. The molecule has 1 atom stereocenters. The largest absolute Gasteiger partial charge is 0.508 e. The molecule has 5 heteroatoms. The van der Waals surface area contributed by atoms with Crippen LogP contribution in [0.1, 0.15) is 28.9 Å². The van der Waals surface area contributed by atoms with Gasteiger partial charge in [0, 0.05) is 18.7 Å². The van der Waals surface area contributed by atoms with Crippen molar-refractivity contribution >= 4 is 5.91 Å². The maximum Gasteiger partial charge on any atom is 0.257 e. The van der Waals surface area contributed by atoms with Crippen LogP contribution in [0.4, 0.5) is 8.78 Å². The van der Waals surface area contributed by atoms with Gasteiger partial charge in [0.2, 0.25) is 0 Å². The van der Waals surface area contributed by atoms with Crippen LogP contribution < -0.4 is 0 Å². The van der Waals surface area contributed by atoms with Crippen LogP contribution in [0.5, 0.6) is 5.75 Å². The number of rotatable bonds is 3. The first-order valence-electron chi connectivity index (χ1n) is 6.42. The molecule has 0 aliphatic carbocycles. The van der Waals surface area contributed by atoms with Crippen molar-refractivity contribution in [1.82, 2.24) is 4.90 Å². The van der Waals surface area contributed by atoms with Gasteiger partial charge in [0.05, 0.1) is 11.6 Å². The number of carbonyl (C=O) groups is 1. The molecule has 0 saturated heterocycles. The minimum Gasteiger partial charge on any atom is -0.508 e. The zero-order valence-electron chi connectivity index (χ0n) is 11.7. The molecule has 0 radical (unpaired) electrons. The van der Waals surface area contributed by atoms with E-state index >= 15 is 0 Å². The number of aromatic hydroxyl groups is 1. The number of phenols is 1. The molecule has 1 amide bonds. The van der Waals surface area contributed by atoms with Crippen LogP contribution in [0.15, 0.2) is 42.5 Å². The zero-order valence-corrected chi connectivity index (χ0v) is 11.7. The average molecular weight is 291 g/mol. The van der Waals surface area contributed by atoms with Gasteiger partial charge in [-0.15, -0.1) is 0 Å². The third-order valence-electron chi connectivity index (χ3n) is 3.45. The standard InChI is InChI=1S/C16H15F2NO2/c1-10(12-5-3-4-6-15(12)20)19(2)16(21)13-8-7-11(17)9-14(13)18/h3-10,20H,1-2H3. The number of para-hydroxylation sites is 1. The lowest BCUT2D eigenvalue weighted by Crippen LogP contribution is -2.30. The summed E-state index contributed by atoms with van der Waals surface area (Å²) < 4.78 is 26.6. The molecule has 0 aromatic heterocycles. The van der Waals surface area contributed by atoms with Crippen molar-refractivity contribution in [2.45, 2.75) is 13.0 Å². The second kappa shape index (κ2) is 5.91. The summed E-state index contributed by atoms with van der Waals surface area (Å²) in [7, 11) is 1.50. The van der Waals surface area contributed by atoms with Gasteiger partial charge in [0.15, 0.2) is 0 Å². The quantitative estimate of drug-likeness (QED) is 0.940. The highest BCUT2D eigenvalue weighted by atomic mass is 19.1. The molecule has 2 rings (SSSR count). The van der Waals surface area contributed by atoms with Crippen LogP contribution in [0.3, 0.4) is 0 Å². The summed E-state index contributed by atoms with van der Waals surface area (Å²) in [6.07, 6.45) is 0. The monoisotopic (exact) mass is 291 g/mol. The van der Waals surface area contributed by atoms with E-state index in [9.17, 15) is 18.7 Å². The Bertz CT molecular complexity index is 673. The van der Waals surface area contributed by atoms with E-state index in [2.05, 4.69) is 0 Å². The number of nitrogens with zero attached hydrogens (tertiary/aromatic N) is 1. The predicted octanol–water partition coefficient (Wildman–Crippen LogP) is 3.50. The fourth-order valence-electron chi connectivity index (χ4n) is 2.08. The highest BCUT2D eigenvalue weighted by Gasteiger charge is 2.23. The molecule has 2 aromatic rings. The topological polar surface area (TPSA) is 40.5 Å². The number of carbonyl (C=O) groups excluding carboxylic acids is 1. The highest BCUT2D eigenvalue weighted by molar-refractivity contribution is 5.94. The fourth-order valence-corrected chi connectivity index (χ4v) is 2.08. The van der Waals surface area contributed by atoms with E-state index < -0.39 is 23.6 Å². The molecule has 110 valence electrons. The normalized spacial score (nSPS) is 12.0. The first kappa shape index (κ1) is 15.0. The Balaban J connectivity index is 2.29. The lowest BCUT2D eigenvalue weighted by atomic mass is 10.0. The van der Waals surface area contributed by atoms with Crippen molar-refractivity contribution in [2.75, 3.05) is 7.05 Å². The summed E-state index contributed by atoms with van der Waals surface area (Å²) in [5.74, 6) is -2.16. The van der Waals surface area contributed by atoms with Gasteiger partial charge >= 0.3 is 0 Å². The van der Waals surface area contributed by atoms with Gasteiger partial charge in [-0.2, -0.15) is 0 Å². The molecular formula is C16H15F2NO2. The molecule has 1 N–H and O–H groups in total. The third-order valence-corrected chi connectivity index (χ3v) is 3.45. The second-order valence-electron chi connectivity index (χ2n) is 4.78. The van der Waals surface area contributed by atoms with E-state index in [1.54, 1.807) is 25.1 Å². The maximum absolute atomic E-state index is 13.7. The Kier molecular flexibility index (Phi) is 4.21. The molecule has 0 bridgehead atoms. The van der Waals surface area contributed by atoms with Gasteiger partial charge in [-0.05, 0) is 25.1 Å². The van der Waals surface area contributed by atoms with Crippen LogP contribution in [0.2, 0.25) is 0 Å². The Morgan fingerprint density at radius 1 is 1.19 bits per heavy atom. The Morgan fingerprint density at radius 3 is 2.48 bits per heavy atom. The van der Waals surface area contributed by atoms with E-state index in [0.717, 1.165) is 12.1 Å². The average Bonchev–Trinajstić information content (AvgIpc) is 2.45. The predicted molar refractivity (Wildman–Crippen MR) is 75.0 cm³/mol. The van der Waals surface area contributed by atoms with Gasteiger partial charge in [0.25, 0.3) is 5.91 Å². The molecule has 0 spiro atoms. The summed E-state index contributed by atoms with van der Waals surface area (Å²) in [6, 6.07) is 8.98. The molecule has 21 heavy (non-hydrogen) atoms. The fraction of sp³-hybridized carbons (Fsp3) is 0.188. The van der Waals surface area contributed by atoms with E-state index in [0.29, 0.717) is 11.6 Å². The van der Waals surface area contributed by atoms with E-state index in [1.807, 2.05) is 0 Å². The van der Waals surface area contributed by atoms with Crippen molar-refractivity contribution in [1.29, 1.82) is 0 Å². The number of hydrogen-bond acceptors (Lipinski definition) is 2. The number of phenolic OH excluding ortho intramolecular Hbond substituents is 1. The number of benzene rings is 2. The van der Waals surface area contributed by atoms with Gasteiger partial charge in [-0.1, -0.05) is 18.2 Å². The summed E-state index contributed by atoms with van der Waals surface area (Å²) >= 11 is 0. The zero-order chi connectivity index (χ0) is 15.6. The van der Waals surface area contributed by atoms with Gasteiger partial charge in [0.1, 0.15) is 17.4 Å². The number of hydrogen-bond donors (Lipinski definition) is 1. The molecule has 0 aliphatic rings. The summed E-state index contributed by atoms with van der Waals surface area (Å²) in [5, 5.41) is 9.81. The molecular weight excluding hydrogens is 276 g/mol. The Morgan fingerprint density at radius 2 is 1.86 bits per heavy atom. The van der Waals surface area contributed by atoms with Crippen molar-refractivity contribution < 1.29 is 18.7 Å². The molecule has 1 unspecified atom stereocenters. The van der Waals surface area contributed by atoms with E-state index in [-0.39, 0.29) is 11.3 Å². The van der Waals surface area contributed by atoms with Crippen LogP contribution in [-0.2, 0) is 0 Å². The van der Waals surface area contributed by atoms with Gasteiger partial charge in [-0.3, -0.25) is 4.79 Å². The van der Waals surface area contributed by atoms with E-state index in [4.69, 9.17) is 0 Å². The third kappa shape index (κ3) is 3.02. The summed E-state index contributed by atoms with van der Waals surface area (Å²) in [4.78, 5) is 13.6. The first-order valence-corrected chi connectivity index (χ1v) is 6.42. The minimum atomic E-state index is -0.906. The van der Waals surface area contributed by atoms with Crippen molar-refractivity contribution in [3.63, 3.8) is 0 Å². The molecule has 2 aromatic carbocycles. The Labute approximate surface area is 121 Å². The van der Waals surface area contributed by atoms with Crippen molar-refractivity contribution in [3.8, 4) is 5.75 Å². The number of amides is 1. The highest BCUT2D eigenvalue weighted by Crippen LogP contribution is 2.28. The maximum atomic E-state index is 13.7.